The van der Waals surface area contributed by atoms with Crippen LogP contribution in [-0.2, 0) is 37.0 Å². The van der Waals surface area contributed by atoms with Gasteiger partial charge >= 0.3 is 0 Å². The fourth-order valence-electron chi connectivity index (χ4n) is 4.09. The second-order valence-corrected chi connectivity index (χ2v) is 10.9. The van der Waals surface area contributed by atoms with Crippen molar-refractivity contribution in [3.05, 3.63) is 30.1 Å². The molecule has 0 spiro atoms. The smallest absolute Gasteiger partial charge is 0.246 e. The van der Waals surface area contributed by atoms with Gasteiger partial charge < -0.3 is 34.5 Å². The van der Waals surface area contributed by atoms with Gasteiger partial charge in [0.15, 0.2) is 5.82 Å². The van der Waals surface area contributed by atoms with Gasteiger partial charge in [0, 0.05) is 25.2 Å². The lowest BCUT2D eigenvalue weighted by Crippen LogP contribution is -2.35. The van der Waals surface area contributed by atoms with E-state index in [2.05, 4.69) is 29.5 Å². The number of para-hydroxylation sites is 1. The lowest BCUT2D eigenvalue weighted by atomic mass is 10.1. The number of carbonyl (C=O) groups excluding carboxylic acids is 2. The third-order valence-electron chi connectivity index (χ3n) is 5.96. The molecule has 11 heteroatoms. The van der Waals surface area contributed by atoms with Crippen LogP contribution in [0.2, 0.25) is 0 Å². The normalized spacial score (nSPS) is 12.8. The molecule has 3 N–H and O–H groups in total. The average molecular weight is 558 g/mol. The highest BCUT2D eigenvalue weighted by Gasteiger charge is 2.24. The molecular formula is C29H43N5O6. The van der Waals surface area contributed by atoms with Gasteiger partial charge in [-0.25, -0.2) is 9.97 Å². The molecule has 0 bridgehead atoms. The van der Waals surface area contributed by atoms with Gasteiger partial charge in [0.05, 0.1) is 35.8 Å². The van der Waals surface area contributed by atoms with E-state index in [0.29, 0.717) is 49.0 Å². The monoisotopic (exact) mass is 557 g/mol. The van der Waals surface area contributed by atoms with E-state index in [1.54, 1.807) is 13.8 Å². The highest BCUT2D eigenvalue weighted by atomic mass is 16.5. The molecule has 3 aromatic rings. The second kappa shape index (κ2) is 14.5. The Bertz CT molecular complexity index is 1280. The predicted molar refractivity (Wildman–Crippen MR) is 154 cm³/mol. The summed E-state index contributed by atoms with van der Waals surface area (Å²) in [7, 11) is 0. The molecule has 2 aromatic heterocycles. The number of pyridine rings is 1. The first-order chi connectivity index (χ1) is 19.0. The molecule has 0 radical (unpaired) electrons. The Morgan fingerprint density at radius 1 is 1.10 bits per heavy atom. The minimum absolute atomic E-state index is 0.0449. The van der Waals surface area contributed by atoms with E-state index in [0.717, 1.165) is 10.9 Å². The maximum atomic E-state index is 12.8. The molecule has 0 aliphatic carbocycles. The van der Waals surface area contributed by atoms with Gasteiger partial charge in [0.2, 0.25) is 11.8 Å². The summed E-state index contributed by atoms with van der Waals surface area (Å²) < 4.78 is 18.7. The standard InChI is InChI=1S/C29H43N5O6/c1-7-38-16-23-32-26-27(34(23)18-29(5,6)37)21-10-8-9-11-22(21)31-28(26)33-24(35)14-30-25(36)17-39-13-12-20(4)40-15-19(2)3/h8-11,19-20,37H,7,12-18H2,1-6H3,(H,30,36)(H,31,33,35). The van der Waals surface area contributed by atoms with Gasteiger partial charge in [-0.1, -0.05) is 32.0 Å². The van der Waals surface area contributed by atoms with Crippen LogP contribution in [0.3, 0.4) is 0 Å². The fraction of sp³-hybridized carbons (Fsp3) is 0.586. The number of rotatable bonds is 16. The van der Waals surface area contributed by atoms with Gasteiger partial charge in [-0.2, -0.15) is 0 Å². The number of aliphatic hydroxyl groups is 1. The van der Waals surface area contributed by atoms with E-state index in [4.69, 9.17) is 19.2 Å². The molecule has 2 heterocycles. The van der Waals surface area contributed by atoms with Crippen molar-refractivity contribution >= 4 is 39.6 Å². The molecule has 220 valence electrons. The molecule has 0 fully saturated rings. The summed E-state index contributed by atoms with van der Waals surface area (Å²) in [6.07, 6.45) is 0.721. The average Bonchev–Trinajstić information content (AvgIpc) is 3.24. The largest absolute Gasteiger partial charge is 0.389 e. The van der Waals surface area contributed by atoms with E-state index >= 15 is 0 Å². The Balaban J connectivity index is 1.69. The van der Waals surface area contributed by atoms with Crippen molar-refractivity contribution in [2.24, 2.45) is 5.92 Å². The van der Waals surface area contributed by atoms with Crippen molar-refractivity contribution in [1.29, 1.82) is 0 Å². The number of anilines is 1. The second-order valence-electron chi connectivity index (χ2n) is 10.9. The summed E-state index contributed by atoms with van der Waals surface area (Å²) in [6, 6.07) is 7.55. The summed E-state index contributed by atoms with van der Waals surface area (Å²) in [5, 5.41) is 16.8. The maximum Gasteiger partial charge on any atom is 0.246 e. The van der Waals surface area contributed by atoms with Crippen molar-refractivity contribution in [2.45, 2.75) is 72.8 Å². The van der Waals surface area contributed by atoms with E-state index in [9.17, 15) is 14.7 Å². The number of fused-ring (bicyclic) bond motifs is 3. The summed E-state index contributed by atoms with van der Waals surface area (Å²) in [5.74, 6) is 0.503. The van der Waals surface area contributed by atoms with Crippen LogP contribution < -0.4 is 10.6 Å². The van der Waals surface area contributed by atoms with Crippen LogP contribution in [-0.4, -0.2) is 76.1 Å². The first kappa shape index (κ1) is 31.4. The molecule has 1 atom stereocenters. The zero-order chi connectivity index (χ0) is 29.3. The van der Waals surface area contributed by atoms with Crippen LogP contribution in [0.4, 0.5) is 5.82 Å². The van der Waals surface area contributed by atoms with Crippen LogP contribution in [0.25, 0.3) is 21.9 Å². The molecule has 40 heavy (non-hydrogen) atoms. The number of benzene rings is 1. The maximum absolute atomic E-state index is 12.8. The number of hydrogen-bond donors (Lipinski definition) is 3. The minimum atomic E-state index is -1.02. The number of amides is 2. The molecule has 0 saturated heterocycles. The van der Waals surface area contributed by atoms with E-state index < -0.39 is 17.4 Å². The zero-order valence-corrected chi connectivity index (χ0v) is 24.5. The van der Waals surface area contributed by atoms with E-state index in [1.807, 2.05) is 42.7 Å². The lowest BCUT2D eigenvalue weighted by molar-refractivity contribution is -0.128. The number of hydrogen-bond acceptors (Lipinski definition) is 8. The molecule has 0 aliphatic heterocycles. The first-order valence-electron chi connectivity index (χ1n) is 13.8. The van der Waals surface area contributed by atoms with Gasteiger partial charge in [0.25, 0.3) is 0 Å². The predicted octanol–water partition coefficient (Wildman–Crippen LogP) is 3.41. The van der Waals surface area contributed by atoms with Crippen LogP contribution in [0.5, 0.6) is 0 Å². The van der Waals surface area contributed by atoms with E-state index in [-0.39, 0.29) is 38.2 Å². The van der Waals surface area contributed by atoms with Crippen molar-refractivity contribution in [3.8, 4) is 0 Å². The fourth-order valence-corrected chi connectivity index (χ4v) is 4.09. The Morgan fingerprint density at radius 2 is 1.85 bits per heavy atom. The lowest BCUT2D eigenvalue weighted by Gasteiger charge is -2.20. The molecule has 2 amide bonds. The molecule has 0 saturated carbocycles. The summed E-state index contributed by atoms with van der Waals surface area (Å²) in [5.41, 5.74) is 0.860. The molecule has 11 nitrogen and oxygen atoms in total. The Hall–Kier alpha value is -3.12. The number of ether oxygens (including phenoxy) is 3. The summed E-state index contributed by atoms with van der Waals surface area (Å²) >= 11 is 0. The quantitative estimate of drug-likeness (QED) is 0.228. The van der Waals surface area contributed by atoms with Crippen LogP contribution in [0.15, 0.2) is 24.3 Å². The Labute approximate surface area is 235 Å². The highest BCUT2D eigenvalue weighted by Crippen LogP contribution is 2.31. The minimum Gasteiger partial charge on any atom is -0.389 e. The van der Waals surface area contributed by atoms with Gasteiger partial charge in [0.1, 0.15) is 24.6 Å². The van der Waals surface area contributed by atoms with Crippen molar-refractivity contribution in [3.63, 3.8) is 0 Å². The third-order valence-corrected chi connectivity index (χ3v) is 5.96. The van der Waals surface area contributed by atoms with Crippen LogP contribution in [0.1, 0.15) is 53.8 Å². The first-order valence-corrected chi connectivity index (χ1v) is 13.8. The SMILES string of the molecule is CCOCc1nc2c(NC(=O)CNC(=O)COCCC(C)OCC(C)C)nc3ccccc3c2n1CC(C)(C)O. The summed E-state index contributed by atoms with van der Waals surface area (Å²) in [4.78, 5) is 34.4. The third kappa shape index (κ3) is 9.22. The number of imidazole rings is 1. The molecule has 1 aromatic carbocycles. The molecule has 3 rings (SSSR count). The number of nitrogens with zero attached hydrogens (tertiary/aromatic N) is 3. The van der Waals surface area contributed by atoms with Gasteiger partial charge in [-0.3, -0.25) is 9.59 Å². The molecular weight excluding hydrogens is 514 g/mol. The molecule has 1 unspecified atom stereocenters. The Morgan fingerprint density at radius 3 is 2.55 bits per heavy atom. The number of nitrogens with one attached hydrogen (secondary N) is 2. The van der Waals surface area contributed by atoms with Gasteiger partial charge in [-0.05, 0) is 46.1 Å². The van der Waals surface area contributed by atoms with Crippen molar-refractivity contribution in [1.82, 2.24) is 19.9 Å². The van der Waals surface area contributed by atoms with Crippen molar-refractivity contribution < 1.29 is 28.9 Å². The van der Waals surface area contributed by atoms with Crippen molar-refractivity contribution in [2.75, 3.05) is 38.3 Å². The topological polar surface area (TPSA) is 137 Å². The van der Waals surface area contributed by atoms with Crippen LogP contribution >= 0.6 is 0 Å². The highest BCUT2D eigenvalue weighted by molar-refractivity contribution is 6.10. The summed E-state index contributed by atoms with van der Waals surface area (Å²) in [6.45, 7) is 13.2. The Kier molecular flexibility index (Phi) is 11.4. The van der Waals surface area contributed by atoms with Crippen LogP contribution in [0, 0.1) is 5.92 Å². The number of aromatic nitrogens is 3. The zero-order valence-electron chi connectivity index (χ0n) is 24.5. The van der Waals surface area contributed by atoms with E-state index in [1.165, 1.54) is 0 Å². The van der Waals surface area contributed by atoms with Gasteiger partial charge in [-0.15, -0.1) is 0 Å². The number of carbonyl (C=O) groups is 2. The molecule has 0 aliphatic rings.